The van der Waals surface area contributed by atoms with E-state index in [0.717, 1.165) is 12.8 Å². The quantitative estimate of drug-likeness (QED) is 0.811. The van der Waals surface area contributed by atoms with Gasteiger partial charge in [0.1, 0.15) is 0 Å². The molecular formula is C15H23NO4S. The molecule has 0 spiro atoms. The number of carbonyl (C=O) groups is 1. The predicted molar refractivity (Wildman–Crippen MR) is 82.0 cm³/mol. The van der Waals surface area contributed by atoms with Crippen molar-refractivity contribution in [3.8, 4) is 0 Å². The topological polar surface area (TPSA) is 83.5 Å². The maximum absolute atomic E-state index is 12.3. The molecular weight excluding hydrogens is 290 g/mol. The molecule has 1 rings (SSSR count). The summed E-state index contributed by atoms with van der Waals surface area (Å²) in [5, 5.41) is 9.07. The first kappa shape index (κ1) is 17.7. The highest BCUT2D eigenvalue weighted by Crippen LogP contribution is 2.17. The van der Waals surface area contributed by atoms with E-state index in [9.17, 15) is 13.2 Å². The minimum Gasteiger partial charge on any atom is -0.478 e. The average Bonchev–Trinajstić information content (AvgIpc) is 2.37. The van der Waals surface area contributed by atoms with Crippen molar-refractivity contribution < 1.29 is 18.3 Å². The molecule has 1 aromatic rings. The molecule has 0 saturated carbocycles. The molecule has 0 heterocycles. The van der Waals surface area contributed by atoms with Gasteiger partial charge in [-0.3, -0.25) is 0 Å². The zero-order chi connectivity index (χ0) is 16.2. The van der Waals surface area contributed by atoms with E-state index in [1.54, 1.807) is 6.92 Å². The molecule has 118 valence electrons. The molecule has 2 unspecified atom stereocenters. The number of aryl methyl sites for hydroxylation is 1. The molecule has 0 aromatic heterocycles. The Hall–Kier alpha value is -1.40. The molecule has 6 heteroatoms. The molecule has 1 aromatic carbocycles. The minimum absolute atomic E-state index is 0.00690. The molecule has 0 aliphatic carbocycles. The van der Waals surface area contributed by atoms with Gasteiger partial charge in [0, 0.05) is 6.04 Å². The lowest BCUT2D eigenvalue weighted by Gasteiger charge is -2.18. The van der Waals surface area contributed by atoms with E-state index in [4.69, 9.17) is 5.11 Å². The number of rotatable bonds is 7. The summed E-state index contributed by atoms with van der Waals surface area (Å²) in [4.78, 5) is 11.1. The van der Waals surface area contributed by atoms with Crippen molar-refractivity contribution in [1.29, 1.82) is 0 Å². The molecule has 0 fully saturated rings. The van der Waals surface area contributed by atoms with Crippen molar-refractivity contribution in [2.45, 2.75) is 51.5 Å². The summed E-state index contributed by atoms with van der Waals surface area (Å²) < 4.78 is 27.2. The van der Waals surface area contributed by atoms with Crippen LogP contribution in [0.5, 0.6) is 0 Å². The standard InChI is InChI=1S/C15H23NO4S/c1-5-10(2)8-12(4)16-21(19,20)13-7-6-11(3)14(9-13)15(17)18/h6-7,9-10,12,16H,5,8H2,1-4H3,(H,17,18). The van der Waals surface area contributed by atoms with Crippen molar-refractivity contribution in [1.82, 2.24) is 4.72 Å². The fourth-order valence-electron chi connectivity index (χ4n) is 2.15. The van der Waals surface area contributed by atoms with Crippen LogP contribution in [0.1, 0.15) is 49.5 Å². The van der Waals surface area contributed by atoms with Crippen molar-refractivity contribution in [3.63, 3.8) is 0 Å². The number of carboxylic acid groups (broad SMARTS) is 1. The normalized spacial score (nSPS) is 14.7. The number of carboxylic acids is 1. The smallest absolute Gasteiger partial charge is 0.335 e. The van der Waals surface area contributed by atoms with E-state index in [1.807, 2.05) is 6.92 Å². The second-order valence-electron chi connectivity index (χ2n) is 5.55. The molecule has 2 N–H and O–H groups in total. The van der Waals surface area contributed by atoms with Crippen molar-refractivity contribution in [2.75, 3.05) is 0 Å². The number of sulfonamides is 1. The third kappa shape index (κ3) is 4.82. The van der Waals surface area contributed by atoms with Crippen molar-refractivity contribution in [3.05, 3.63) is 29.3 Å². The number of benzene rings is 1. The van der Waals surface area contributed by atoms with Crippen molar-refractivity contribution >= 4 is 16.0 Å². The molecule has 5 nitrogen and oxygen atoms in total. The summed E-state index contributed by atoms with van der Waals surface area (Å²) in [5.74, 6) is -0.701. The van der Waals surface area contributed by atoms with Gasteiger partial charge in [-0.2, -0.15) is 0 Å². The third-order valence-electron chi connectivity index (χ3n) is 3.56. The third-order valence-corrected chi connectivity index (χ3v) is 5.15. The summed E-state index contributed by atoms with van der Waals surface area (Å²) in [6, 6.07) is 3.95. The SMILES string of the molecule is CCC(C)CC(C)NS(=O)(=O)c1ccc(C)c(C(=O)O)c1. The Morgan fingerprint density at radius 3 is 2.48 bits per heavy atom. The second kappa shape index (κ2) is 7.04. The van der Waals surface area contributed by atoms with Gasteiger partial charge in [0.2, 0.25) is 10.0 Å². The number of aromatic carboxylic acids is 1. The summed E-state index contributed by atoms with van der Waals surface area (Å²) in [6.07, 6.45) is 1.73. The van der Waals surface area contributed by atoms with Crippen LogP contribution in [0.4, 0.5) is 0 Å². The van der Waals surface area contributed by atoms with Crippen LogP contribution in [0.15, 0.2) is 23.1 Å². The van der Waals surface area contributed by atoms with Crippen LogP contribution in [-0.2, 0) is 10.0 Å². The lowest BCUT2D eigenvalue weighted by atomic mass is 10.0. The van der Waals surface area contributed by atoms with Gasteiger partial charge < -0.3 is 5.11 Å². The van der Waals surface area contributed by atoms with E-state index in [0.29, 0.717) is 11.5 Å². The first-order valence-electron chi connectivity index (χ1n) is 7.03. The fraction of sp³-hybridized carbons (Fsp3) is 0.533. The molecule has 2 atom stereocenters. The van der Waals surface area contributed by atoms with Crippen LogP contribution in [0, 0.1) is 12.8 Å². The Morgan fingerprint density at radius 2 is 1.95 bits per heavy atom. The Bertz CT molecular complexity index is 610. The summed E-state index contributed by atoms with van der Waals surface area (Å²) >= 11 is 0. The van der Waals surface area contributed by atoms with Gasteiger partial charge in [-0.25, -0.2) is 17.9 Å². The van der Waals surface area contributed by atoms with E-state index in [1.165, 1.54) is 18.2 Å². The highest BCUT2D eigenvalue weighted by Gasteiger charge is 2.20. The minimum atomic E-state index is -3.70. The number of hydrogen-bond donors (Lipinski definition) is 2. The molecule has 0 aliphatic heterocycles. The predicted octanol–water partition coefficient (Wildman–Crippen LogP) is 2.80. The van der Waals surface area contributed by atoms with Crippen LogP contribution in [0.25, 0.3) is 0 Å². The Labute approximate surface area is 126 Å². The van der Waals surface area contributed by atoms with Crippen LogP contribution in [0.3, 0.4) is 0 Å². The van der Waals surface area contributed by atoms with Gasteiger partial charge >= 0.3 is 5.97 Å². The molecule has 0 bridgehead atoms. The van der Waals surface area contributed by atoms with Crippen LogP contribution >= 0.6 is 0 Å². The highest BCUT2D eigenvalue weighted by molar-refractivity contribution is 7.89. The second-order valence-corrected chi connectivity index (χ2v) is 7.27. The first-order chi connectivity index (χ1) is 9.67. The van der Waals surface area contributed by atoms with Gasteiger partial charge in [0.15, 0.2) is 0 Å². The number of hydrogen-bond acceptors (Lipinski definition) is 3. The summed E-state index contributed by atoms with van der Waals surface area (Å²) in [6.45, 7) is 7.58. The average molecular weight is 313 g/mol. The van der Waals surface area contributed by atoms with E-state index >= 15 is 0 Å². The van der Waals surface area contributed by atoms with Gasteiger partial charge in [-0.1, -0.05) is 26.3 Å². The van der Waals surface area contributed by atoms with Crippen LogP contribution < -0.4 is 4.72 Å². The molecule has 0 amide bonds. The molecule has 0 saturated heterocycles. The Morgan fingerprint density at radius 1 is 1.33 bits per heavy atom. The largest absolute Gasteiger partial charge is 0.478 e. The van der Waals surface area contributed by atoms with Gasteiger partial charge in [0.05, 0.1) is 10.5 Å². The van der Waals surface area contributed by atoms with E-state index in [-0.39, 0.29) is 16.5 Å². The highest BCUT2D eigenvalue weighted by atomic mass is 32.2. The molecule has 21 heavy (non-hydrogen) atoms. The summed E-state index contributed by atoms with van der Waals surface area (Å²) in [5.41, 5.74) is 0.543. The zero-order valence-electron chi connectivity index (χ0n) is 12.9. The van der Waals surface area contributed by atoms with Crippen LogP contribution in [-0.4, -0.2) is 25.5 Å². The van der Waals surface area contributed by atoms with E-state index < -0.39 is 16.0 Å². The van der Waals surface area contributed by atoms with Gasteiger partial charge in [-0.15, -0.1) is 0 Å². The zero-order valence-corrected chi connectivity index (χ0v) is 13.7. The lowest BCUT2D eigenvalue weighted by molar-refractivity contribution is 0.0696. The van der Waals surface area contributed by atoms with Crippen LogP contribution in [0.2, 0.25) is 0 Å². The Kier molecular flexibility index (Phi) is 5.92. The fourth-order valence-corrected chi connectivity index (χ4v) is 3.43. The maximum atomic E-state index is 12.3. The molecule has 0 aliphatic rings. The first-order valence-corrected chi connectivity index (χ1v) is 8.52. The lowest BCUT2D eigenvalue weighted by Crippen LogP contribution is -2.33. The summed E-state index contributed by atoms with van der Waals surface area (Å²) in [7, 11) is -3.70. The molecule has 0 radical (unpaired) electrons. The Balaban J connectivity index is 2.98. The van der Waals surface area contributed by atoms with E-state index in [2.05, 4.69) is 18.6 Å². The maximum Gasteiger partial charge on any atom is 0.335 e. The van der Waals surface area contributed by atoms with Crippen molar-refractivity contribution in [2.24, 2.45) is 5.92 Å². The van der Waals surface area contributed by atoms with Gasteiger partial charge in [-0.05, 0) is 43.9 Å². The number of nitrogens with one attached hydrogen (secondary N) is 1. The monoisotopic (exact) mass is 313 g/mol. The van der Waals surface area contributed by atoms with Gasteiger partial charge in [0.25, 0.3) is 0 Å².